The number of aliphatic hydroxyl groups is 1. The van der Waals surface area contributed by atoms with Crippen molar-refractivity contribution in [2.24, 2.45) is 0 Å². The Morgan fingerprint density at radius 3 is 2.42 bits per heavy atom. The van der Waals surface area contributed by atoms with E-state index in [1.807, 2.05) is 18.0 Å². The summed E-state index contributed by atoms with van der Waals surface area (Å²) < 4.78 is 25.9. The molecule has 31 heavy (non-hydrogen) atoms. The van der Waals surface area contributed by atoms with Gasteiger partial charge in [0.1, 0.15) is 5.82 Å². The number of pyridine rings is 1. The quantitative estimate of drug-likeness (QED) is 0.769. The summed E-state index contributed by atoms with van der Waals surface area (Å²) in [4.78, 5) is 21.5. The van der Waals surface area contributed by atoms with Crippen molar-refractivity contribution in [1.29, 1.82) is 0 Å². The Kier molecular flexibility index (Phi) is 5.90. The second kappa shape index (κ2) is 8.47. The number of carbonyl (C=O) groups is 1. The van der Waals surface area contributed by atoms with Crippen molar-refractivity contribution in [2.75, 3.05) is 47.7 Å². The number of anilines is 2. The summed E-state index contributed by atoms with van der Waals surface area (Å²) in [6.45, 7) is 6.48. The van der Waals surface area contributed by atoms with Gasteiger partial charge in [-0.25, -0.2) is 13.4 Å². The van der Waals surface area contributed by atoms with Gasteiger partial charge in [-0.05, 0) is 55.7 Å². The third-order valence-corrected chi connectivity index (χ3v) is 7.83. The molecule has 166 valence electrons. The molecular weight excluding hydrogens is 416 g/mol. The Balaban J connectivity index is 1.42. The molecule has 2 fully saturated rings. The molecule has 0 unspecified atom stereocenters. The van der Waals surface area contributed by atoms with Crippen molar-refractivity contribution in [1.82, 2.24) is 9.88 Å². The zero-order valence-electron chi connectivity index (χ0n) is 17.9. The minimum atomic E-state index is -3.43. The Morgan fingerprint density at radius 2 is 1.81 bits per heavy atom. The third-order valence-electron chi connectivity index (χ3n) is 5.97. The average Bonchev–Trinajstić information content (AvgIpc) is 3.08. The number of nitrogens with zero attached hydrogens (tertiary/aromatic N) is 4. The lowest BCUT2D eigenvalue weighted by Gasteiger charge is -2.36. The maximum Gasteiger partial charge on any atom is 0.253 e. The van der Waals surface area contributed by atoms with Crippen molar-refractivity contribution in [3.63, 3.8) is 0 Å². The van der Waals surface area contributed by atoms with Crippen LogP contribution < -0.4 is 9.21 Å². The largest absolute Gasteiger partial charge is 0.394 e. The fourth-order valence-electron chi connectivity index (χ4n) is 4.36. The number of aromatic nitrogens is 1. The van der Waals surface area contributed by atoms with Crippen LogP contribution in [0.15, 0.2) is 36.5 Å². The lowest BCUT2D eigenvalue weighted by Crippen LogP contribution is -2.49. The van der Waals surface area contributed by atoms with Crippen molar-refractivity contribution < 1.29 is 18.3 Å². The van der Waals surface area contributed by atoms with E-state index in [-0.39, 0.29) is 18.3 Å². The van der Waals surface area contributed by atoms with E-state index in [2.05, 4.69) is 22.9 Å². The average molecular weight is 445 g/mol. The van der Waals surface area contributed by atoms with Gasteiger partial charge in [0, 0.05) is 37.9 Å². The number of rotatable bonds is 4. The molecule has 3 heterocycles. The molecule has 1 atom stereocenters. The van der Waals surface area contributed by atoms with Crippen LogP contribution in [0.5, 0.6) is 0 Å². The van der Waals surface area contributed by atoms with Crippen molar-refractivity contribution in [3.8, 4) is 0 Å². The molecule has 1 aromatic carbocycles. The van der Waals surface area contributed by atoms with Crippen LogP contribution in [-0.4, -0.2) is 73.9 Å². The minimum absolute atomic E-state index is 0.0263. The topological polar surface area (TPSA) is 94.1 Å². The van der Waals surface area contributed by atoms with Crippen LogP contribution in [0.4, 0.5) is 11.5 Å². The smallest absolute Gasteiger partial charge is 0.253 e. The van der Waals surface area contributed by atoms with Crippen LogP contribution in [0.3, 0.4) is 0 Å². The van der Waals surface area contributed by atoms with Crippen molar-refractivity contribution in [2.45, 2.75) is 26.3 Å². The first-order valence-corrected chi connectivity index (χ1v) is 12.1. The highest BCUT2D eigenvalue weighted by Gasteiger charge is 2.37. The van der Waals surface area contributed by atoms with Crippen LogP contribution in [0.2, 0.25) is 0 Å². The molecule has 0 aliphatic carbocycles. The molecule has 0 radical (unpaired) electrons. The van der Waals surface area contributed by atoms with E-state index in [0.717, 1.165) is 16.9 Å². The fourth-order valence-corrected chi connectivity index (χ4v) is 6.19. The van der Waals surface area contributed by atoms with Crippen molar-refractivity contribution >= 4 is 27.4 Å². The molecular formula is C22H28N4O4S. The fraction of sp³-hybridized carbons (Fsp3) is 0.455. The van der Waals surface area contributed by atoms with Crippen LogP contribution >= 0.6 is 0 Å². The van der Waals surface area contributed by atoms with Gasteiger partial charge in [0.05, 0.1) is 24.1 Å². The zero-order valence-corrected chi connectivity index (χ0v) is 18.7. The molecule has 0 saturated carbocycles. The van der Waals surface area contributed by atoms with Crippen molar-refractivity contribution in [3.05, 3.63) is 53.2 Å². The number of hydrogen-bond acceptors (Lipinski definition) is 6. The monoisotopic (exact) mass is 444 g/mol. The highest BCUT2D eigenvalue weighted by molar-refractivity contribution is 7.93. The molecule has 0 bridgehead atoms. The first-order valence-electron chi connectivity index (χ1n) is 10.5. The van der Waals surface area contributed by atoms with Crippen LogP contribution in [0.25, 0.3) is 0 Å². The lowest BCUT2D eigenvalue weighted by atomic mass is 10.1. The summed E-state index contributed by atoms with van der Waals surface area (Å²) in [6.07, 6.45) is 2.27. The Hall–Kier alpha value is -2.65. The third kappa shape index (κ3) is 4.24. The molecule has 4 rings (SSSR count). The summed E-state index contributed by atoms with van der Waals surface area (Å²) in [5, 5.41) is 9.50. The highest BCUT2D eigenvalue weighted by Crippen LogP contribution is 2.29. The summed E-state index contributed by atoms with van der Waals surface area (Å²) in [5.41, 5.74) is 3.27. The summed E-state index contributed by atoms with van der Waals surface area (Å²) in [6, 6.07) is 8.29. The molecule has 1 N–H and O–H groups in total. The summed E-state index contributed by atoms with van der Waals surface area (Å²) in [5.74, 6) is 0.925. The maximum atomic E-state index is 13.0. The Bertz CT molecular complexity index is 1060. The standard InChI is InChI=1S/C22H28N4O4S/c1-16-13-17(2)21(23-14-16)24-8-10-25(11-9-24)22(28)18-3-5-19(6-4-18)26-20(15-27)7-12-31(26,29)30/h3-6,13-14,20,27H,7-12,15H2,1-2H3/t20-/m0/s1. The number of aryl methyl sites for hydroxylation is 2. The van der Waals surface area contributed by atoms with E-state index < -0.39 is 16.1 Å². The zero-order chi connectivity index (χ0) is 22.2. The maximum absolute atomic E-state index is 13.0. The van der Waals surface area contributed by atoms with Gasteiger partial charge in [-0.15, -0.1) is 0 Å². The van der Waals surface area contributed by atoms with E-state index in [9.17, 15) is 18.3 Å². The number of hydrogen-bond donors (Lipinski definition) is 1. The van der Waals surface area contributed by atoms with Gasteiger partial charge in [-0.2, -0.15) is 0 Å². The van der Waals surface area contributed by atoms with Gasteiger partial charge in [0.25, 0.3) is 5.91 Å². The first-order chi connectivity index (χ1) is 14.8. The van der Waals surface area contributed by atoms with E-state index in [4.69, 9.17) is 0 Å². The van der Waals surface area contributed by atoms with Gasteiger partial charge < -0.3 is 14.9 Å². The van der Waals surface area contributed by atoms with Gasteiger partial charge in [-0.1, -0.05) is 6.07 Å². The number of carbonyl (C=O) groups excluding carboxylic acids is 1. The SMILES string of the molecule is Cc1cnc(N2CCN(C(=O)c3ccc(N4[C@H](CO)CCS4(=O)=O)cc3)CC2)c(C)c1. The van der Waals surface area contributed by atoms with E-state index in [0.29, 0.717) is 43.9 Å². The molecule has 9 heteroatoms. The molecule has 1 amide bonds. The van der Waals surface area contributed by atoms with Crippen LogP contribution in [0, 0.1) is 13.8 Å². The molecule has 2 saturated heterocycles. The molecule has 2 aliphatic heterocycles. The van der Waals surface area contributed by atoms with Gasteiger partial charge in [-0.3, -0.25) is 9.10 Å². The number of benzene rings is 1. The predicted octanol–water partition coefficient (Wildman–Crippen LogP) is 1.56. The molecule has 1 aromatic heterocycles. The first kappa shape index (κ1) is 21.6. The highest BCUT2D eigenvalue weighted by atomic mass is 32.2. The number of amides is 1. The molecule has 0 spiro atoms. The summed E-state index contributed by atoms with van der Waals surface area (Å²) in [7, 11) is -3.43. The molecule has 2 aromatic rings. The van der Waals surface area contributed by atoms with Gasteiger partial charge >= 0.3 is 0 Å². The summed E-state index contributed by atoms with van der Waals surface area (Å²) >= 11 is 0. The van der Waals surface area contributed by atoms with Crippen LogP contribution in [-0.2, 0) is 10.0 Å². The molecule has 2 aliphatic rings. The Labute approximate surface area is 183 Å². The number of sulfonamides is 1. The van der Waals surface area contributed by atoms with E-state index >= 15 is 0 Å². The minimum Gasteiger partial charge on any atom is -0.394 e. The second-order valence-electron chi connectivity index (χ2n) is 8.22. The van der Waals surface area contributed by atoms with E-state index in [1.165, 1.54) is 4.31 Å². The Morgan fingerprint density at radius 1 is 1.13 bits per heavy atom. The predicted molar refractivity (Wildman–Crippen MR) is 120 cm³/mol. The normalized spacial score (nSPS) is 20.9. The number of piperazine rings is 1. The lowest BCUT2D eigenvalue weighted by molar-refractivity contribution is 0.0746. The van der Waals surface area contributed by atoms with Crippen LogP contribution in [0.1, 0.15) is 27.9 Å². The van der Waals surface area contributed by atoms with Gasteiger partial charge in [0.2, 0.25) is 10.0 Å². The van der Waals surface area contributed by atoms with E-state index in [1.54, 1.807) is 24.3 Å². The second-order valence-corrected chi connectivity index (χ2v) is 10.2. The van der Waals surface area contributed by atoms with Gasteiger partial charge in [0.15, 0.2) is 0 Å². The number of aliphatic hydroxyl groups excluding tert-OH is 1. The molecule has 8 nitrogen and oxygen atoms in total.